The third kappa shape index (κ3) is 2.15. The number of nitrogens with zero attached hydrogens (tertiary/aromatic N) is 3. The molecule has 1 fully saturated rings. The van der Waals surface area contributed by atoms with Crippen LogP contribution >= 0.6 is 0 Å². The second-order valence-corrected chi connectivity index (χ2v) is 6.83. The zero-order valence-electron chi connectivity index (χ0n) is 13.9. The number of ether oxygens (including phenoxy) is 2. The zero-order valence-corrected chi connectivity index (χ0v) is 13.9. The third-order valence-corrected chi connectivity index (χ3v) is 4.64. The van der Waals surface area contributed by atoms with Crippen LogP contribution < -0.4 is 0 Å². The fraction of sp³-hybridized carbons (Fsp3) is 0.444. The van der Waals surface area contributed by atoms with Crippen LogP contribution in [0.5, 0.6) is 0 Å². The number of aryl methyl sites for hydroxylation is 1. The van der Waals surface area contributed by atoms with E-state index in [4.69, 9.17) is 9.47 Å². The maximum absolute atomic E-state index is 6.19. The molecule has 3 atom stereocenters. The number of fused-ring (bicyclic) bond motifs is 2. The minimum atomic E-state index is -0.587. The molecule has 0 aromatic carbocycles. The van der Waals surface area contributed by atoms with Crippen molar-refractivity contribution in [2.45, 2.75) is 51.7 Å². The molecule has 5 heteroatoms. The van der Waals surface area contributed by atoms with Crippen LogP contribution in [0.15, 0.2) is 42.4 Å². The third-order valence-electron chi connectivity index (χ3n) is 4.64. The van der Waals surface area contributed by atoms with Gasteiger partial charge in [-0.1, -0.05) is 18.2 Å². The van der Waals surface area contributed by atoms with E-state index in [2.05, 4.69) is 39.5 Å². The molecule has 120 valence electrons. The Morgan fingerprint density at radius 3 is 2.83 bits per heavy atom. The van der Waals surface area contributed by atoms with Crippen LogP contribution in [-0.2, 0) is 9.47 Å². The first-order valence-corrected chi connectivity index (χ1v) is 7.89. The van der Waals surface area contributed by atoms with Gasteiger partial charge in [-0.3, -0.25) is 0 Å². The lowest BCUT2D eigenvalue weighted by molar-refractivity contribution is -0.147. The van der Waals surface area contributed by atoms with Gasteiger partial charge in [0.05, 0.1) is 11.7 Å². The first kappa shape index (κ1) is 14.6. The first-order chi connectivity index (χ1) is 10.9. The van der Waals surface area contributed by atoms with Gasteiger partial charge in [0.2, 0.25) is 0 Å². The SMILES string of the molecule is C=C(C)C1=C[C@@H](n2ccc3c(C)ncnc32)[C@@H]2OC(C)(C)O[C@H]12. The summed E-state index contributed by atoms with van der Waals surface area (Å²) >= 11 is 0. The molecule has 3 heterocycles. The smallest absolute Gasteiger partial charge is 0.164 e. The van der Waals surface area contributed by atoms with Gasteiger partial charge >= 0.3 is 0 Å². The normalized spacial score (nSPS) is 28.9. The molecule has 0 amide bonds. The molecular formula is C18H21N3O2. The molecule has 1 aliphatic heterocycles. The largest absolute Gasteiger partial charge is 0.342 e. The number of hydrogen-bond acceptors (Lipinski definition) is 4. The molecule has 0 unspecified atom stereocenters. The molecule has 0 radical (unpaired) electrons. The van der Waals surface area contributed by atoms with Crippen LogP contribution in [0.3, 0.4) is 0 Å². The summed E-state index contributed by atoms with van der Waals surface area (Å²) in [5.74, 6) is -0.587. The topological polar surface area (TPSA) is 49.2 Å². The maximum atomic E-state index is 6.19. The monoisotopic (exact) mass is 311 g/mol. The number of hydrogen-bond donors (Lipinski definition) is 0. The van der Waals surface area contributed by atoms with Crippen LogP contribution in [0.4, 0.5) is 0 Å². The van der Waals surface area contributed by atoms with E-state index in [9.17, 15) is 0 Å². The van der Waals surface area contributed by atoms with Gasteiger partial charge in [0.15, 0.2) is 5.79 Å². The maximum Gasteiger partial charge on any atom is 0.164 e. The van der Waals surface area contributed by atoms with Crippen molar-refractivity contribution in [2.24, 2.45) is 0 Å². The van der Waals surface area contributed by atoms with Gasteiger partial charge in [0, 0.05) is 11.6 Å². The summed E-state index contributed by atoms with van der Waals surface area (Å²) in [6.07, 6.45) is 5.72. The average molecular weight is 311 g/mol. The molecule has 0 saturated carbocycles. The van der Waals surface area contributed by atoms with E-state index >= 15 is 0 Å². The van der Waals surface area contributed by atoms with Crippen molar-refractivity contribution >= 4 is 11.0 Å². The molecule has 2 aromatic heterocycles. The number of rotatable bonds is 2. The van der Waals surface area contributed by atoms with Crippen molar-refractivity contribution in [3.63, 3.8) is 0 Å². The van der Waals surface area contributed by atoms with E-state index in [-0.39, 0.29) is 18.2 Å². The second-order valence-electron chi connectivity index (χ2n) is 6.83. The van der Waals surface area contributed by atoms with Crippen molar-refractivity contribution in [1.29, 1.82) is 0 Å². The lowest BCUT2D eigenvalue weighted by atomic mass is 10.1. The summed E-state index contributed by atoms with van der Waals surface area (Å²) in [4.78, 5) is 8.74. The Kier molecular flexibility index (Phi) is 3.02. The van der Waals surface area contributed by atoms with E-state index in [1.807, 2.05) is 27.7 Å². The van der Waals surface area contributed by atoms with Gasteiger partial charge in [-0.15, -0.1) is 0 Å². The summed E-state index contributed by atoms with van der Waals surface area (Å²) in [6, 6.07) is 2.10. The van der Waals surface area contributed by atoms with Crippen molar-refractivity contribution in [3.05, 3.63) is 48.1 Å². The van der Waals surface area contributed by atoms with E-state index in [0.29, 0.717) is 0 Å². The lowest BCUT2D eigenvalue weighted by Gasteiger charge is -2.22. The predicted molar refractivity (Wildman–Crippen MR) is 88.0 cm³/mol. The molecular weight excluding hydrogens is 290 g/mol. The Morgan fingerprint density at radius 1 is 1.30 bits per heavy atom. The Bertz CT molecular complexity index is 834. The standard InChI is InChI=1S/C18H21N3O2/c1-10(2)13-8-14(16-15(13)22-18(4,5)23-16)21-7-6-12-11(3)19-9-20-17(12)21/h6-9,14-16H,1H2,2-5H3/t14-,15-,16+/m1/s1. The van der Waals surface area contributed by atoms with Gasteiger partial charge in [-0.05, 0) is 39.3 Å². The molecule has 23 heavy (non-hydrogen) atoms. The van der Waals surface area contributed by atoms with E-state index in [1.54, 1.807) is 6.33 Å². The Balaban J connectivity index is 1.84. The highest BCUT2D eigenvalue weighted by Crippen LogP contribution is 2.45. The molecule has 4 rings (SSSR count). The molecule has 2 aromatic rings. The summed E-state index contributed by atoms with van der Waals surface area (Å²) < 4.78 is 14.5. The van der Waals surface area contributed by atoms with Gasteiger partial charge in [-0.25, -0.2) is 9.97 Å². The fourth-order valence-corrected chi connectivity index (χ4v) is 3.61. The minimum absolute atomic E-state index is 0.0419. The van der Waals surface area contributed by atoms with Crippen LogP contribution in [0.1, 0.15) is 32.5 Å². The molecule has 1 aliphatic carbocycles. The minimum Gasteiger partial charge on any atom is -0.342 e. The highest BCUT2D eigenvalue weighted by molar-refractivity contribution is 5.78. The first-order valence-electron chi connectivity index (χ1n) is 7.89. The lowest BCUT2D eigenvalue weighted by Crippen LogP contribution is -2.27. The van der Waals surface area contributed by atoms with Gasteiger partial charge in [0.1, 0.15) is 24.2 Å². The highest BCUT2D eigenvalue weighted by atomic mass is 16.8. The van der Waals surface area contributed by atoms with Crippen molar-refractivity contribution in [1.82, 2.24) is 14.5 Å². The average Bonchev–Trinajstić information content (AvgIpc) is 3.09. The predicted octanol–water partition coefficient (Wildman–Crippen LogP) is 3.32. The molecule has 0 N–H and O–H groups in total. The summed E-state index contributed by atoms with van der Waals surface area (Å²) in [5.41, 5.74) is 4.05. The van der Waals surface area contributed by atoms with Gasteiger partial charge < -0.3 is 14.0 Å². The Hall–Kier alpha value is -1.98. The molecule has 5 nitrogen and oxygen atoms in total. The van der Waals surface area contributed by atoms with Crippen LogP contribution in [0, 0.1) is 6.92 Å². The van der Waals surface area contributed by atoms with Crippen molar-refractivity contribution in [3.8, 4) is 0 Å². The van der Waals surface area contributed by atoms with Crippen molar-refractivity contribution < 1.29 is 9.47 Å². The van der Waals surface area contributed by atoms with Crippen LogP contribution in [0.25, 0.3) is 11.0 Å². The van der Waals surface area contributed by atoms with Gasteiger partial charge in [0.25, 0.3) is 0 Å². The van der Waals surface area contributed by atoms with Crippen LogP contribution in [-0.4, -0.2) is 32.5 Å². The van der Waals surface area contributed by atoms with E-state index < -0.39 is 5.79 Å². The molecule has 1 saturated heterocycles. The zero-order chi connectivity index (χ0) is 16.4. The van der Waals surface area contributed by atoms with E-state index in [0.717, 1.165) is 27.9 Å². The molecule has 0 bridgehead atoms. The highest BCUT2D eigenvalue weighted by Gasteiger charge is 2.50. The Labute approximate surface area is 135 Å². The summed E-state index contributed by atoms with van der Waals surface area (Å²) in [6.45, 7) is 12.0. The second kappa shape index (κ2) is 4.76. The van der Waals surface area contributed by atoms with Crippen molar-refractivity contribution in [2.75, 3.05) is 0 Å². The molecule has 0 spiro atoms. The van der Waals surface area contributed by atoms with E-state index in [1.165, 1.54) is 0 Å². The fourth-order valence-electron chi connectivity index (χ4n) is 3.61. The quantitative estimate of drug-likeness (QED) is 0.853. The summed E-state index contributed by atoms with van der Waals surface area (Å²) in [7, 11) is 0. The summed E-state index contributed by atoms with van der Waals surface area (Å²) in [5, 5.41) is 1.07. The molecule has 2 aliphatic rings. The van der Waals surface area contributed by atoms with Crippen LogP contribution in [0.2, 0.25) is 0 Å². The number of aromatic nitrogens is 3. The van der Waals surface area contributed by atoms with Gasteiger partial charge in [-0.2, -0.15) is 0 Å². The Morgan fingerprint density at radius 2 is 2.09 bits per heavy atom.